The van der Waals surface area contributed by atoms with Crippen LogP contribution in [-0.2, 0) is 31.9 Å². The van der Waals surface area contributed by atoms with E-state index in [0.29, 0.717) is 11.6 Å². The van der Waals surface area contributed by atoms with E-state index < -0.39 is 11.2 Å². The van der Waals surface area contributed by atoms with Crippen LogP contribution in [0, 0.1) is 5.92 Å². The summed E-state index contributed by atoms with van der Waals surface area (Å²) >= 11 is 0. The van der Waals surface area contributed by atoms with Gasteiger partial charge in [0.15, 0.2) is 11.2 Å². The van der Waals surface area contributed by atoms with Crippen LogP contribution in [0.4, 0.5) is 0 Å². The van der Waals surface area contributed by atoms with E-state index in [1.165, 1.54) is 23.5 Å². The van der Waals surface area contributed by atoms with Crippen LogP contribution in [0.25, 0.3) is 11.2 Å². The normalized spacial score (nSPS) is 15.2. The predicted octanol–water partition coefficient (Wildman–Crippen LogP) is 0.915. The first-order valence-corrected chi connectivity index (χ1v) is 9.88. The summed E-state index contributed by atoms with van der Waals surface area (Å²) in [7, 11) is 3.00. The summed E-state index contributed by atoms with van der Waals surface area (Å²) in [5.41, 5.74) is 1.05. The van der Waals surface area contributed by atoms with Crippen LogP contribution in [-0.4, -0.2) is 42.6 Å². The Balaban J connectivity index is 1.44. The first-order valence-electron chi connectivity index (χ1n) is 9.88. The maximum atomic E-state index is 12.8. The van der Waals surface area contributed by atoms with E-state index in [9.17, 15) is 14.4 Å². The summed E-state index contributed by atoms with van der Waals surface area (Å²) in [5.74, 6) is 0.552. The van der Waals surface area contributed by atoms with Gasteiger partial charge in [0.2, 0.25) is 5.91 Å². The Morgan fingerprint density at radius 3 is 2.45 bits per heavy atom. The van der Waals surface area contributed by atoms with Gasteiger partial charge in [-0.15, -0.1) is 0 Å². The average molecular weight is 395 g/mol. The minimum atomic E-state index is -0.435. The van der Waals surface area contributed by atoms with Gasteiger partial charge < -0.3 is 9.47 Å². The molecule has 29 heavy (non-hydrogen) atoms. The largest absolute Gasteiger partial charge is 0.341 e. The number of carbonyl (C=O) groups is 1. The molecule has 1 aliphatic heterocycles. The molecule has 0 atom stereocenters. The van der Waals surface area contributed by atoms with Crippen molar-refractivity contribution in [2.45, 2.75) is 25.8 Å². The Kier molecular flexibility index (Phi) is 5.08. The van der Waals surface area contributed by atoms with Crippen LogP contribution in [0.15, 0.2) is 46.2 Å². The number of hydrogen-bond donors (Lipinski definition) is 0. The van der Waals surface area contributed by atoms with Crippen molar-refractivity contribution in [3.63, 3.8) is 0 Å². The first kappa shape index (κ1) is 19.2. The van der Waals surface area contributed by atoms with E-state index in [-0.39, 0.29) is 18.0 Å². The molecule has 1 fully saturated rings. The van der Waals surface area contributed by atoms with Gasteiger partial charge >= 0.3 is 5.69 Å². The van der Waals surface area contributed by atoms with E-state index in [0.717, 1.165) is 36.9 Å². The summed E-state index contributed by atoms with van der Waals surface area (Å²) in [5, 5.41) is 0. The van der Waals surface area contributed by atoms with Gasteiger partial charge in [-0.05, 0) is 30.7 Å². The Labute approximate surface area is 168 Å². The Bertz CT molecular complexity index is 1150. The number of piperidine rings is 1. The topological polar surface area (TPSA) is 82.1 Å². The van der Waals surface area contributed by atoms with Gasteiger partial charge in [-0.3, -0.25) is 18.7 Å². The molecule has 0 aliphatic carbocycles. The number of carbonyl (C=O) groups excluding carboxylic acids is 1. The fourth-order valence-corrected chi connectivity index (χ4v) is 4.10. The van der Waals surface area contributed by atoms with Gasteiger partial charge in [0.25, 0.3) is 5.56 Å². The molecule has 1 aliphatic rings. The number of aromatic nitrogens is 4. The highest BCUT2D eigenvalue weighted by molar-refractivity contribution is 5.79. The molecule has 3 aromatic rings. The molecule has 0 radical (unpaired) electrons. The molecule has 1 saturated heterocycles. The van der Waals surface area contributed by atoms with Crippen molar-refractivity contribution in [3.05, 3.63) is 63.1 Å². The second-order valence-electron chi connectivity index (χ2n) is 7.76. The lowest BCUT2D eigenvalue weighted by atomic mass is 9.90. The Morgan fingerprint density at radius 1 is 1.07 bits per heavy atom. The molecular weight excluding hydrogens is 370 g/mol. The van der Waals surface area contributed by atoms with Crippen molar-refractivity contribution < 1.29 is 4.79 Å². The molecule has 3 heterocycles. The summed E-state index contributed by atoms with van der Waals surface area (Å²) in [4.78, 5) is 43.4. The molecule has 152 valence electrons. The lowest BCUT2D eigenvalue weighted by Crippen LogP contribution is -2.41. The van der Waals surface area contributed by atoms with Crippen molar-refractivity contribution in [2.75, 3.05) is 13.1 Å². The number of amides is 1. The summed E-state index contributed by atoms with van der Waals surface area (Å²) in [6, 6.07) is 10.4. The number of benzene rings is 1. The Morgan fingerprint density at radius 2 is 1.76 bits per heavy atom. The van der Waals surface area contributed by atoms with Crippen LogP contribution in [0.1, 0.15) is 18.4 Å². The maximum Gasteiger partial charge on any atom is 0.332 e. The SMILES string of the molecule is Cn1c(=O)c2c(ncn2CC(=O)N2CCC(Cc3ccccc3)CC2)n(C)c1=O. The fraction of sp³-hybridized carbons (Fsp3) is 0.429. The zero-order chi connectivity index (χ0) is 20.5. The number of nitrogens with zero attached hydrogens (tertiary/aromatic N) is 5. The molecule has 1 amide bonds. The summed E-state index contributed by atoms with van der Waals surface area (Å²) < 4.78 is 3.92. The third kappa shape index (κ3) is 3.62. The van der Waals surface area contributed by atoms with Crippen LogP contribution in [0.3, 0.4) is 0 Å². The highest BCUT2D eigenvalue weighted by Gasteiger charge is 2.24. The van der Waals surface area contributed by atoms with E-state index in [4.69, 9.17) is 0 Å². The maximum absolute atomic E-state index is 12.8. The van der Waals surface area contributed by atoms with Crippen LogP contribution in [0.2, 0.25) is 0 Å². The first-order chi connectivity index (χ1) is 14.0. The number of likely N-dealkylation sites (tertiary alicyclic amines) is 1. The van der Waals surface area contributed by atoms with Gasteiger partial charge in [0, 0.05) is 27.2 Å². The molecule has 0 saturated carbocycles. The van der Waals surface area contributed by atoms with Crippen molar-refractivity contribution in [2.24, 2.45) is 20.0 Å². The van der Waals surface area contributed by atoms with Gasteiger partial charge in [-0.25, -0.2) is 9.78 Å². The van der Waals surface area contributed by atoms with E-state index in [1.54, 1.807) is 11.6 Å². The minimum Gasteiger partial charge on any atom is -0.341 e. The van der Waals surface area contributed by atoms with Gasteiger partial charge in [0.1, 0.15) is 6.54 Å². The average Bonchev–Trinajstić information content (AvgIpc) is 3.15. The zero-order valence-electron chi connectivity index (χ0n) is 16.7. The van der Waals surface area contributed by atoms with Crippen molar-refractivity contribution in [1.82, 2.24) is 23.6 Å². The second-order valence-corrected chi connectivity index (χ2v) is 7.76. The summed E-state index contributed by atoms with van der Waals surface area (Å²) in [6.07, 6.45) is 4.45. The quantitative estimate of drug-likeness (QED) is 0.658. The molecule has 8 nitrogen and oxygen atoms in total. The molecule has 8 heteroatoms. The number of aryl methyl sites for hydroxylation is 1. The van der Waals surface area contributed by atoms with Gasteiger partial charge in [-0.2, -0.15) is 0 Å². The number of rotatable bonds is 4. The van der Waals surface area contributed by atoms with Crippen molar-refractivity contribution in [3.8, 4) is 0 Å². The van der Waals surface area contributed by atoms with E-state index in [1.807, 2.05) is 11.0 Å². The highest BCUT2D eigenvalue weighted by Crippen LogP contribution is 2.22. The second kappa shape index (κ2) is 7.69. The molecule has 0 N–H and O–H groups in total. The van der Waals surface area contributed by atoms with Crippen LogP contribution >= 0.6 is 0 Å². The Hall–Kier alpha value is -3.16. The molecule has 2 aromatic heterocycles. The molecule has 0 unspecified atom stereocenters. The van der Waals surface area contributed by atoms with Crippen molar-refractivity contribution in [1.29, 1.82) is 0 Å². The van der Waals surface area contributed by atoms with Gasteiger partial charge in [-0.1, -0.05) is 30.3 Å². The lowest BCUT2D eigenvalue weighted by molar-refractivity contribution is -0.133. The highest BCUT2D eigenvalue weighted by atomic mass is 16.2. The third-order valence-electron chi connectivity index (χ3n) is 5.86. The van der Waals surface area contributed by atoms with E-state index in [2.05, 4.69) is 29.2 Å². The molecular formula is C21H25N5O3. The smallest absolute Gasteiger partial charge is 0.332 e. The van der Waals surface area contributed by atoms with E-state index >= 15 is 0 Å². The number of fused-ring (bicyclic) bond motifs is 1. The molecule has 0 bridgehead atoms. The van der Waals surface area contributed by atoms with Crippen molar-refractivity contribution >= 4 is 17.1 Å². The number of hydrogen-bond acceptors (Lipinski definition) is 4. The van der Waals surface area contributed by atoms with Gasteiger partial charge in [0.05, 0.1) is 6.33 Å². The lowest BCUT2D eigenvalue weighted by Gasteiger charge is -2.32. The fourth-order valence-electron chi connectivity index (χ4n) is 4.10. The predicted molar refractivity (Wildman–Crippen MR) is 110 cm³/mol. The molecule has 4 rings (SSSR count). The third-order valence-corrected chi connectivity index (χ3v) is 5.86. The zero-order valence-corrected chi connectivity index (χ0v) is 16.7. The number of imidazole rings is 1. The molecule has 1 aromatic carbocycles. The minimum absolute atomic E-state index is 0.0293. The monoisotopic (exact) mass is 395 g/mol. The standard InChI is InChI=1S/C21H25N5O3/c1-23-19-18(20(28)24(2)21(23)29)26(14-22-19)13-17(27)25-10-8-16(9-11-25)12-15-6-4-3-5-7-15/h3-7,14,16H,8-13H2,1-2H3. The van der Waals surface area contributed by atoms with Crippen LogP contribution in [0.5, 0.6) is 0 Å². The summed E-state index contributed by atoms with van der Waals surface area (Å²) in [6.45, 7) is 1.49. The van der Waals surface area contributed by atoms with Crippen LogP contribution < -0.4 is 11.2 Å². The molecule has 0 spiro atoms.